The van der Waals surface area contributed by atoms with E-state index in [0.29, 0.717) is 21.6 Å². The Balaban J connectivity index is 2.08. The first-order valence-corrected chi connectivity index (χ1v) is 6.78. The Hall–Kier alpha value is -1.39. The van der Waals surface area contributed by atoms with Crippen LogP contribution in [0.25, 0.3) is 0 Å². The number of thiazole rings is 1. The predicted octanol–water partition coefficient (Wildman–Crippen LogP) is 4.17. The number of carbonyl (C=O) groups excluding carboxylic acids is 1. The number of halogens is 1. The Morgan fingerprint density at radius 3 is 2.56 bits per heavy atom. The van der Waals surface area contributed by atoms with Crippen LogP contribution in [0.4, 0.5) is 5.13 Å². The van der Waals surface area contributed by atoms with Gasteiger partial charge in [-0.05, 0) is 30.2 Å². The molecule has 1 N–H and O–H groups in total. The summed E-state index contributed by atoms with van der Waals surface area (Å²) >= 11 is 7.27. The van der Waals surface area contributed by atoms with Crippen molar-refractivity contribution in [3.63, 3.8) is 0 Å². The summed E-state index contributed by atoms with van der Waals surface area (Å²) in [4.78, 5) is 17.3. The van der Waals surface area contributed by atoms with E-state index in [1.165, 1.54) is 11.3 Å². The molecule has 0 bridgehead atoms. The standard InChI is InChI=1S/C13H13ClN2OS/c1-8(2)11-7-15-13(18-11)16-12(17)9-3-5-10(14)6-4-9/h3-8H,1-2H3,(H,15,16,17). The van der Waals surface area contributed by atoms with E-state index in [1.54, 1.807) is 30.5 Å². The van der Waals surface area contributed by atoms with Gasteiger partial charge in [0.1, 0.15) is 0 Å². The van der Waals surface area contributed by atoms with Crippen molar-refractivity contribution >= 4 is 34.0 Å². The highest BCUT2D eigenvalue weighted by Gasteiger charge is 2.10. The van der Waals surface area contributed by atoms with Crippen molar-refractivity contribution in [2.24, 2.45) is 0 Å². The second-order valence-electron chi connectivity index (χ2n) is 4.18. The molecular formula is C13H13ClN2OS. The summed E-state index contributed by atoms with van der Waals surface area (Å²) in [6.45, 7) is 4.19. The molecule has 1 heterocycles. The monoisotopic (exact) mass is 280 g/mol. The largest absolute Gasteiger partial charge is 0.298 e. The summed E-state index contributed by atoms with van der Waals surface area (Å²) in [5.41, 5.74) is 0.570. The molecular weight excluding hydrogens is 268 g/mol. The molecule has 5 heteroatoms. The maximum Gasteiger partial charge on any atom is 0.257 e. The summed E-state index contributed by atoms with van der Waals surface area (Å²) in [7, 11) is 0. The Morgan fingerprint density at radius 1 is 1.33 bits per heavy atom. The molecule has 18 heavy (non-hydrogen) atoms. The fourth-order valence-electron chi connectivity index (χ4n) is 1.38. The van der Waals surface area contributed by atoms with Crippen LogP contribution in [0.1, 0.15) is 35.0 Å². The van der Waals surface area contributed by atoms with Gasteiger partial charge in [0.15, 0.2) is 5.13 Å². The lowest BCUT2D eigenvalue weighted by Crippen LogP contribution is -2.11. The van der Waals surface area contributed by atoms with E-state index in [0.717, 1.165) is 4.88 Å². The zero-order valence-electron chi connectivity index (χ0n) is 10.1. The first-order valence-electron chi connectivity index (χ1n) is 5.59. The molecule has 0 saturated carbocycles. The Bertz CT molecular complexity index is 548. The van der Waals surface area contributed by atoms with E-state index >= 15 is 0 Å². The predicted molar refractivity (Wildman–Crippen MR) is 75.6 cm³/mol. The van der Waals surface area contributed by atoms with Crippen molar-refractivity contribution in [1.29, 1.82) is 0 Å². The van der Waals surface area contributed by atoms with Crippen LogP contribution in [0.5, 0.6) is 0 Å². The molecule has 1 amide bonds. The number of hydrogen-bond donors (Lipinski definition) is 1. The van der Waals surface area contributed by atoms with Crippen molar-refractivity contribution in [2.45, 2.75) is 19.8 Å². The van der Waals surface area contributed by atoms with Gasteiger partial charge in [-0.1, -0.05) is 25.4 Å². The van der Waals surface area contributed by atoms with E-state index < -0.39 is 0 Å². The van der Waals surface area contributed by atoms with Crippen LogP contribution < -0.4 is 5.32 Å². The van der Waals surface area contributed by atoms with Gasteiger partial charge in [0.05, 0.1) is 0 Å². The van der Waals surface area contributed by atoms with E-state index in [1.807, 2.05) is 0 Å². The molecule has 1 aromatic heterocycles. The highest BCUT2D eigenvalue weighted by Crippen LogP contribution is 2.25. The highest BCUT2D eigenvalue weighted by molar-refractivity contribution is 7.15. The Labute approximate surface area is 115 Å². The molecule has 0 aliphatic rings. The molecule has 2 aromatic rings. The zero-order valence-corrected chi connectivity index (χ0v) is 11.7. The fraction of sp³-hybridized carbons (Fsp3) is 0.231. The van der Waals surface area contributed by atoms with E-state index in [-0.39, 0.29) is 5.91 Å². The summed E-state index contributed by atoms with van der Waals surface area (Å²) in [5, 5.41) is 4.02. The number of nitrogens with zero attached hydrogens (tertiary/aromatic N) is 1. The number of hydrogen-bond acceptors (Lipinski definition) is 3. The van der Waals surface area contributed by atoms with Gasteiger partial charge < -0.3 is 0 Å². The van der Waals surface area contributed by atoms with Crippen molar-refractivity contribution in [3.8, 4) is 0 Å². The second-order valence-corrected chi connectivity index (χ2v) is 5.68. The third kappa shape index (κ3) is 3.09. The molecule has 0 saturated heterocycles. The quantitative estimate of drug-likeness (QED) is 0.917. The lowest BCUT2D eigenvalue weighted by Gasteiger charge is -2.01. The van der Waals surface area contributed by atoms with Gasteiger partial charge in [-0.3, -0.25) is 10.1 Å². The summed E-state index contributed by atoms with van der Waals surface area (Å²) in [6.07, 6.45) is 1.80. The summed E-state index contributed by atoms with van der Waals surface area (Å²) < 4.78 is 0. The van der Waals surface area contributed by atoms with Gasteiger partial charge in [0.2, 0.25) is 0 Å². The van der Waals surface area contributed by atoms with Crippen LogP contribution in [-0.2, 0) is 0 Å². The molecule has 94 valence electrons. The molecule has 1 aromatic carbocycles. The minimum absolute atomic E-state index is 0.170. The smallest absolute Gasteiger partial charge is 0.257 e. The SMILES string of the molecule is CC(C)c1cnc(NC(=O)c2ccc(Cl)cc2)s1. The van der Waals surface area contributed by atoms with Crippen LogP contribution in [0.2, 0.25) is 5.02 Å². The molecule has 0 radical (unpaired) electrons. The lowest BCUT2D eigenvalue weighted by atomic mass is 10.2. The lowest BCUT2D eigenvalue weighted by molar-refractivity contribution is 0.102. The van der Waals surface area contributed by atoms with Gasteiger partial charge in [-0.25, -0.2) is 4.98 Å². The Kier molecular flexibility index (Phi) is 3.99. The van der Waals surface area contributed by atoms with Gasteiger partial charge in [0.25, 0.3) is 5.91 Å². The maximum absolute atomic E-state index is 11.9. The summed E-state index contributed by atoms with van der Waals surface area (Å²) in [6, 6.07) is 6.76. The third-order valence-electron chi connectivity index (χ3n) is 2.42. The average Bonchev–Trinajstić information content (AvgIpc) is 2.78. The number of nitrogens with one attached hydrogen (secondary N) is 1. The van der Waals surface area contributed by atoms with E-state index in [9.17, 15) is 4.79 Å². The van der Waals surface area contributed by atoms with Crippen molar-refractivity contribution in [3.05, 3.63) is 45.9 Å². The van der Waals surface area contributed by atoms with Crippen molar-refractivity contribution in [1.82, 2.24) is 4.98 Å². The van der Waals surface area contributed by atoms with Crippen LogP contribution in [-0.4, -0.2) is 10.9 Å². The third-order valence-corrected chi connectivity index (χ3v) is 3.88. The minimum atomic E-state index is -0.170. The van der Waals surface area contributed by atoms with Gasteiger partial charge in [-0.15, -0.1) is 11.3 Å². The van der Waals surface area contributed by atoms with Crippen LogP contribution >= 0.6 is 22.9 Å². The first kappa shape index (κ1) is 13.1. The number of aromatic nitrogens is 1. The van der Waals surface area contributed by atoms with Crippen LogP contribution in [0.3, 0.4) is 0 Å². The van der Waals surface area contributed by atoms with Crippen molar-refractivity contribution in [2.75, 3.05) is 5.32 Å². The molecule has 0 atom stereocenters. The fourth-order valence-corrected chi connectivity index (χ4v) is 2.32. The topological polar surface area (TPSA) is 42.0 Å². The number of benzene rings is 1. The minimum Gasteiger partial charge on any atom is -0.298 e. The van der Waals surface area contributed by atoms with Gasteiger partial charge in [0, 0.05) is 21.7 Å². The van der Waals surface area contributed by atoms with Crippen molar-refractivity contribution < 1.29 is 4.79 Å². The summed E-state index contributed by atoms with van der Waals surface area (Å²) in [5.74, 6) is 0.250. The number of carbonyl (C=O) groups is 1. The van der Waals surface area contributed by atoms with E-state index in [2.05, 4.69) is 24.1 Å². The Morgan fingerprint density at radius 2 is 2.00 bits per heavy atom. The molecule has 2 rings (SSSR count). The number of amides is 1. The highest BCUT2D eigenvalue weighted by atomic mass is 35.5. The second kappa shape index (κ2) is 5.50. The molecule has 0 fully saturated rings. The molecule has 0 spiro atoms. The maximum atomic E-state index is 11.9. The molecule has 0 aliphatic carbocycles. The average molecular weight is 281 g/mol. The molecule has 3 nitrogen and oxygen atoms in total. The number of anilines is 1. The number of rotatable bonds is 3. The molecule has 0 aliphatic heterocycles. The first-order chi connectivity index (χ1) is 8.56. The van der Waals surface area contributed by atoms with Gasteiger partial charge >= 0.3 is 0 Å². The zero-order chi connectivity index (χ0) is 13.1. The normalized spacial score (nSPS) is 10.7. The van der Waals surface area contributed by atoms with Gasteiger partial charge in [-0.2, -0.15) is 0 Å². The van der Waals surface area contributed by atoms with E-state index in [4.69, 9.17) is 11.6 Å². The molecule has 0 unspecified atom stereocenters. The van der Waals surface area contributed by atoms with Crippen LogP contribution in [0.15, 0.2) is 30.5 Å². The van der Waals surface area contributed by atoms with Crippen LogP contribution in [0, 0.1) is 0 Å².